The molecule has 0 aromatic carbocycles. The van der Waals surface area contributed by atoms with E-state index in [-0.39, 0.29) is 5.92 Å². The van der Waals surface area contributed by atoms with E-state index in [1.54, 1.807) is 0 Å². The van der Waals surface area contributed by atoms with Crippen LogP contribution in [0.25, 0.3) is 0 Å². The van der Waals surface area contributed by atoms with Crippen LogP contribution < -0.4 is 0 Å². The maximum atomic E-state index is 9.12. The van der Waals surface area contributed by atoms with Crippen molar-refractivity contribution in [2.24, 2.45) is 5.92 Å². The molecule has 1 aliphatic carbocycles. The van der Waals surface area contributed by atoms with E-state index >= 15 is 0 Å². The molecule has 0 aromatic heterocycles. The molecule has 0 heterocycles. The average Bonchev–Trinajstić information content (AvgIpc) is 2.39. The molecule has 0 aromatic rings. The number of rotatable bonds is 0. The molecule has 0 radical (unpaired) electrons. The van der Waals surface area contributed by atoms with Crippen LogP contribution in [-0.4, -0.2) is 5.71 Å². The van der Waals surface area contributed by atoms with E-state index in [0.29, 0.717) is 5.71 Å². The zero-order chi connectivity index (χ0) is 13.1. The van der Waals surface area contributed by atoms with E-state index in [0.717, 1.165) is 25.7 Å². The van der Waals surface area contributed by atoms with Gasteiger partial charge >= 0.3 is 0 Å². The molecule has 1 saturated carbocycles. The quantitative estimate of drug-likeness (QED) is 0.626. The van der Waals surface area contributed by atoms with Crippen LogP contribution >= 0.6 is 0 Å². The lowest BCUT2D eigenvalue weighted by molar-refractivity contribution is 0.543. The summed E-state index contributed by atoms with van der Waals surface area (Å²) in [6, 6.07) is 2.32. The maximum Gasteiger partial charge on any atom is 0.0838 e. The second-order valence-corrected chi connectivity index (χ2v) is 5.63. The number of nitriles is 1. The molecule has 1 rings (SSSR count). The fourth-order valence-electron chi connectivity index (χ4n) is 2.75. The Morgan fingerprint density at radius 3 is 1.72 bits per heavy atom. The summed E-state index contributed by atoms with van der Waals surface area (Å²) in [6.07, 6.45) is 16.0. The second-order valence-electron chi connectivity index (χ2n) is 5.63. The topological polar surface area (TPSA) is 47.6 Å². The summed E-state index contributed by atoms with van der Waals surface area (Å²) in [5, 5.41) is 17.1. The second kappa shape index (κ2) is 10.1. The smallest absolute Gasteiger partial charge is 0.0838 e. The van der Waals surface area contributed by atoms with E-state index in [1.807, 2.05) is 0 Å². The van der Waals surface area contributed by atoms with E-state index < -0.39 is 0 Å². The van der Waals surface area contributed by atoms with Crippen LogP contribution in [0.4, 0.5) is 0 Å². The van der Waals surface area contributed by atoms with E-state index in [4.69, 9.17) is 10.7 Å². The molecular weight excluding hydrogens is 220 g/mol. The van der Waals surface area contributed by atoms with Crippen molar-refractivity contribution >= 4 is 5.71 Å². The molecule has 0 aliphatic heterocycles. The number of hydrogen-bond acceptors (Lipinski definition) is 2. The van der Waals surface area contributed by atoms with Gasteiger partial charge in [-0.2, -0.15) is 5.26 Å². The van der Waals surface area contributed by atoms with Crippen molar-refractivity contribution in [3.8, 4) is 6.07 Å². The Hall–Kier alpha value is -0.840. The first kappa shape index (κ1) is 15.2. The van der Waals surface area contributed by atoms with Crippen molar-refractivity contribution in [2.45, 2.75) is 83.5 Å². The van der Waals surface area contributed by atoms with Gasteiger partial charge < -0.3 is 5.41 Å². The molecule has 0 bridgehead atoms. The fourth-order valence-corrected chi connectivity index (χ4v) is 2.75. The third kappa shape index (κ3) is 6.79. The molecular formula is C16H28N2. The predicted molar refractivity (Wildman–Crippen MR) is 76.9 cm³/mol. The summed E-state index contributed by atoms with van der Waals surface area (Å²) in [4.78, 5) is 0. The zero-order valence-electron chi connectivity index (χ0n) is 11.7. The van der Waals surface area contributed by atoms with Crippen molar-refractivity contribution in [3.63, 3.8) is 0 Å². The highest BCUT2D eigenvalue weighted by atomic mass is 14.4. The maximum absolute atomic E-state index is 9.12. The Kier molecular flexibility index (Phi) is 8.55. The predicted octanol–water partition coefficient (Wildman–Crippen LogP) is 5.23. The van der Waals surface area contributed by atoms with Crippen molar-refractivity contribution in [1.29, 1.82) is 10.7 Å². The van der Waals surface area contributed by atoms with Crippen molar-refractivity contribution in [1.82, 2.24) is 0 Å². The van der Waals surface area contributed by atoms with Gasteiger partial charge in [0.05, 0.1) is 12.0 Å². The summed E-state index contributed by atoms with van der Waals surface area (Å²) in [6.45, 7) is 0. The van der Waals surface area contributed by atoms with Crippen molar-refractivity contribution < 1.29 is 0 Å². The van der Waals surface area contributed by atoms with Crippen LogP contribution in [-0.2, 0) is 0 Å². The Bertz CT molecular complexity index is 265. The van der Waals surface area contributed by atoms with E-state index in [9.17, 15) is 0 Å². The fraction of sp³-hybridized carbons (Fsp3) is 0.875. The first-order valence-corrected chi connectivity index (χ1v) is 7.81. The van der Waals surface area contributed by atoms with Crippen LogP contribution in [0, 0.1) is 22.7 Å². The van der Waals surface area contributed by atoms with Gasteiger partial charge in [0, 0.05) is 5.71 Å². The normalized spacial score (nSPS) is 25.7. The van der Waals surface area contributed by atoms with Gasteiger partial charge in [0.2, 0.25) is 0 Å². The van der Waals surface area contributed by atoms with Gasteiger partial charge in [-0.05, 0) is 19.3 Å². The van der Waals surface area contributed by atoms with Gasteiger partial charge in [0.15, 0.2) is 0 Å². The van der Waals surface area contributed by atoms with Gasteiger partial charge in [0.1, 0.15) is 0 Å². The summed E-state index contributed by atoms with van der Waals surface area (Å²) >= 11 is 0. The van der Waals surface area contributed by atoms with Crippen LogP contribution in [0.2, 0.25) is 0 Å². The summed E-state index contributed by atoms with van der Waals surface area (Å²) in [5.41, 5.74) is 0.687. The Morgan fingerprint density at radius 2 is 1.22 bits per heavy atom. The third-order valence-electron chi connectivity index (χ3n) is 4.02. The Morgan fingerprint density at radius 1 is 0.778 bits per heavy atom. The summed E-state index contributed by atoms with van der Waals surface area (Å²) < 4.78 is 0. The standard InChI is InChI=1S/C16H28N2/c17-14-15-12-10-8-6-4-2-1-3-5-7-9-11-13-16(15)18/h15,18H,1-13H2. The zero-order valence-corrected chi connectivity index (χ0v) is 11.7. The molecule has 0 amide bonds. The summed E-state index contributed by atoms with van der Waals surface area (Å²) in [7, 11) is 0. The van der Waals surface area contributed by atoms with Gasteiger partial charge in [-0.3, -0.25) is 0 Å². The SMILES string of the molecule is N#CC1CCCCCCCCCCCCCC1=N. The Balaban J connectivity index is 2.34. The molecule has 0 saturated heterocycles. The van der Waals surface area contributed by atoms with Crippen molar-refractivity contribution in [3.05, 3.63) is 0 Å². The number of nitrogens with zero attached hydrogens (tertiary/aromatic N) is 1. The van der Waals surface area contributed by atoms with Gasteiger partial charge in [0.25, 0.3) is 0 Å². The lowest BCUT2D eigenvalue weighted by Gasteiger charge is -2.10. The average molecular weight is 248 g/mol. The highest BCUT2D eigenvalue weighted by Crippen LogP contribution is 2.18. The molecule has 0 spiro atoms. The molecule has 1 unspecified atom stereocenters. The monoisotopic (exact) mass is 248 g/mol. The van der Waals surface area contributed by atoms with Gasteiger partial charge in [-0.15, -0.1) is 0 Å². The minimum absolute atomic E-state index is 0.102. The molecule has 18 heavy (non-hydrogen) atoms. The molecule has 2 heteroatoms. The lowest BCUT2D eigenvalue weighted by Crippen LogP contribution is -2.11. The minimum Gasteiger partial charge on any atom is -0.308 e. The van der Waals surface area contributed by atoms with Crippen LogP contribution in [0.3, 0.4) is 0 Å². The molecule has 1 aliphatic rings. The van der Waals surface area contributed by atoms with Crippen molar-refractivity contribution in [2.75, 3.05) is 0 Å². The highest BCUT2D eigenvalue weighted by Gasteiger charge is 2.13. The molecule has 1 atom stereocenters. The van der Waals surface area contributed by atoms with Crippen LogP contribution in [0.1, 0.15) is 83.5 Å². The van der Waals surface area contributed by atoms with Gasteiger partial charge in [-0.1, -0.05) is 64.2 Å². The minimum atomic E-state index is -0.102. The van der Waals surface area contributed by atoms with Gasteiger partial charge in [-0.25, -0.2) is 0 Å². The number of hydrogen-bond donors (Lipinski definition) is 1. The van der Waals surface area contributed by atoms with E-state index in [1.165, 1.54) is 57.8 Å². The Labute approximate surface area is 112 Å². The van der Waals surface area contributed by atoms with Crippen LogP contribution in [0.5, 0.6) is 0 Å². The first-order chi connectivity index (χ1) is 8.84. The number of nitrogens with one attached hydrogen (secondary N) is 1. The largest absolute Gasteiger partial charge is 0.308 e. The highest BCUT2D eigenvalue weighted by molar-refractivity contribution is 5.85. The lowest BCUT2D eigenvalue weighted by atomic mass is 9.94. The molecule has 1 fully saturated rings. The molecule has 1 N–H and O–H groups in total. The molecule has 102 valence electrons. The summed E-state index contributed by atoms with van der Waals surface area (Å²) in [5.74, 6) is -0.102. The first-order valence-electron chi connectivity index (χ1n) is 7.81. The molecule has 2 nitrogen and oxygen atoms in total. The van der Waals surface area contributed by atoms with Crippen LogP contribution in [0.15, 0.2) is 0 Å². The third-order valence-corrected chi connectivity index (χ3v) is 4.02. The van der Waals surface area contributed by atoms with E-state index in [2.05, 4.69) is 6.07 Å².